The molecule has 0 spiro atoms. The second kappa shape index (κ2) is 6.51. The predicted octanol–water partition coefficient (Wildman–Crippen LogP) is 4.73. The van der Waals surface area contributed by atoms with Gasteiger partial charge in [0.15, 0.2) is 9.84 Å². The lowest BCUT2D eigenvalue weighted by Gasteiger charge is -2.38. The lowest BCUT2D eigenvalue weighted by Crippen LogP contribution is -2.42. The van der Waals surface area contributed by atoms with Crippen molar-refractivity contribution in [3.8, 4) is 0 Å². The van der Waals surface area contributed by atoms with E-state index in [0.29, 0.717) is 29.4 Å². The zero-order chi connectivity index (χ0) is 17.4. The predicted molar refractivity (Wildman–Crippen MR) is 96.1 cm³/mol. The van der Waals surface area contributed by atoms with Gasteiger partial charge in [-0.25, -0.2) is 8.42 Å². The maximum Gasteiger partial charge on any atom is 0.184 e. The van der Waals surface area contributed by atoms with Crippen LogP contribution >= 0.6 is 11.6 Å². The third-order valence-corrected chi connectivity index (χ3v) is 7.55. The van der Waals surface area contributed by atoms with Gasteiger partial charge in [0.1, 0.15) is 0 Å². The molecule has 128 valence electrons. The van der Waals surface area contributed by atoms with E-state index in [2.05, 4.69) is 0 Å². The molecule has 0 aromatic heterocycles. The minimum Gasteiger partial charge on any atom is -0.373 e. The van der Waals surface area contributed by atoms with Crippen molar-refractivity contribution in [2.24, 2.45) is 0 Å². The molecule has 1 aliphatic heterocycles. The van der Waals surface area contributed by atoms with Crippen LogP contribution < -0.4 is 0 Å². The van der Waals surface area contributed by atoms with E-state index in [9.17, 15) is 8.42 Å². The highest BCUT2D eigenvalue weighted by molar-refractivity contribution is 7.92. The van der Waals surface area contributed by atoms with Gasteiger partial charge in [-0.05, 0) is 62.1 Å². The van der Waals surface area contributed by atoms with Crippen molar-refractivity contribution in [1.82, 2.24) is 0 Å². The normalized spacial score (nSPS) is 24.7. The summed E-state index contributed by atoms with van der Waals surface area (Å²) in [5.74, 6) is 0. The van der Waals surface area contributed by atoms with Crippen LogP contribution in [0.1, 0.15) is 37.0 Å². The van der Waals surface area contributed by atoms with E-state index < -0.39 is 14.6 Å². The van der Waals surface area contributed by atoms with Gasteiger partial charge < -0.3 is 4.74 Å². The van der Waals surface area contributed by atoms with Crippen LogP contribution in [0.5, 0.6) is 0 Å². The van der Waals surface area contributed by atoms with Gasteiger partial charge in [0.25, 0.3) is 0 Å². The summed E-state index contributed by atoms with van der Waals surface area (Å²) in [6, 6.07) is 14.5. The van der Waals surface area contributed by atoms with Crippen molar-refractivity contribution in [1.29, 1.82) is 0 Å². The zero-order valence-electron chi connectivity index (χ0n) is 13.8. The topological polar surface area (TPSA) is 43.4 Å². The molecule has 0 bridgehead atoms. The highest BCUT2D eigenvalue weighted by atomic mass is 35.5. The van der Waals surface area contributed by atoms with Crippen LogP contribution in [0.25, 0.3) is 0 Å². The Morgan fingerprint density at radius 1 is 1.17 bits per heavy atom. The number of aryl methyl sites for hydroxylation is 1. The van der Waals surface area contributed by atoms with Gasteiger partial charge in [-0.3, -0.25) is 0 Å². The molecule has 3 nitrogen and oxygen atoms in total. The molecule has 3 rings (SSSR count). The molecule has 2 aromatic rings. The fourth-order valence-corrected chi connectivity index (χ4v) is 5.19. The molecule has 1 fully saturated rings. The van der Waals surface area contributed by atoms with E-state index in [1.54, 1.807) is 30.3 Å². The third-order valence-electron chi connectivity index (χ3n) is 4.76. The molecule has 24 heavy (non-hydrogen) atoms. The van der Waals surface area contributed by atoms with Crippen LogP contribution in [-0.2, 0) is 14.6 Å². The third kappa shape index (κ3) is 3.23. The van der Waals surface area contributed by atoms with Gasteiger partial charge in [0.2, 0.25) is 0 Å². The summed E-state index contributed by atoms with van der Waals surface area (Å²) < 4.78 is 31.4. The number of benzene rings is 2. The van der Waals surface area contributed by atoms with Crippen molar-refractivity contribution >= 4 is 21.4 Å². The molecule has 1 saturated heterocycles. The molecule has 0 unspecified atom stereocenters. The Labute approximate surface area is 148 Å². The SMILES string of the molecule is Cc1cccc(S(=O)(=O)[C@@]2(C)CCO[C@@H](c3ccc(Cl)cc3)C2)c1. The van der Waals surface area contributed by atoms with Gasteiger partial charge in [0, 0.05) is 11.6 Å². The summed E-state index contributed by atoms with van der Waals surface area (Å²) in [4.78, 5) is 0.391. The molecular formula is C19H21ClO3S. The number of sulfone groups is 1. The number of ether oxygens (including phenoxy) is 1. The Balaban J connectivity index is 1.93. The van der Waals surface area contributed by atoms with Crippen LogP contribution in [0.3, 0.4) is 0 Å². The molecular weight excluding hydrogens is 344 g/mol. The fraction of sp³-hybridized carbons (Fsp3) is 0.368. The fourth-order valence-electron chi connectivity index (χ4n) is 3.17. The van der Waals surface area contributed by atoms with Crippen molar-refractivity contribution in [2.75, 3.05) is 6.61 Å². The summed E-state index contributed by atoms with van der Waals surface area (Å²) in [6.07, 6.45) is 0.693. The van der Waals surface area contributed by atoms with Crippen molar-refractivity contribution < 1.29 is 13.2 Å². The average Bonchev–Trinajstić information content (AvgIpc) is 2.55. The molecule has 0 aliphatic carbocycles. The molecule has 5 heteroatoms. The minimum absolute atomic E-state index is 0.236. The van der Waals surface area contributed by atoms with Crippen molar-refractivity contribution in [2.45, 2.75) is 42.4 Å². The van der Waals surface area contributed by atoms with Gasteiger partial charge in [-0.1, -0.05) is 35.9 Å². The highest BCUT2D eigenvalue weighted by Gasteiger charge is 2.45. The molecule has 1 aliphatic rings. The number of hydrogen-bond acceptors (Lipinski definition) is 3. The van der Waals surface area contributed by atoms with Crippen molar-refractivity contribution in [3.05, 3.63) is 64.7 Å². The van der Waals surface area contributed by atoms with E-state index in [-0.39, 0.29) is 6.10 Å². The maximum atomic E-state index is 13.2. The van der Waals surface area contributed by atoms with Gasteiger partial charge in [-0.15, -0.1) is 0 Å². The summed E-state index contributed by atoms with van der Waals surface area (Å²) in [6.45, 7) is 4.16. The highest BCUT2D eigenvalue weighted by Crippen LogP contribution is 2.42. The number of hydrogen-bond donors (Lipinski definition) is 0. The molecule has 0 amide bonds. The van der Waals surface area contributed by atoms with Gasteiger partial charge >= 0.3 is 0 Å². The summed E-state index contributed by atoms with van der Waals surface area (Å²) >= 11 is 5.94. The van der Waals surface area contributed by atoms with Crippen LogP contribution in [0.4, 0.5) is 0 Å². The largest absolute Gasteiger partial charge is 0.373 e. The summed E-state index contributed by atoms with van der Waals surface area (Å²) in [7, 11) is -3.44. The standard InChI is InChI=1S/C19H21ClO3S/c1-14-4-3-5-17(12-14)24(21,22)19(2)10-11-23-18(13-19)15-6-8-16(20)9-7-15/h3-9,12,18H,10-11,13H2,1-2H3/t18-,19+/m1/s1. The first-order chi connectivity index (χ1) is 11.3. The van der Waals surface area contributed by atoms with Crippen LogP contribution in [0.15, 0.2) is 53.4 Å². The first kappa shape index (κ1) is 17.5. The van der Waals surface area contributed by atoms with E-state index in [4.69, 9.17) is 16.3 Å². The van der Waals surface area contributed by atoms with E-state index in [0.717, 1.165) is 11.1 Å². The second-order valence-corrected chi connectivity index (χ2v) is 9.54. The molecule has 0 saturated carbocycles. The molecule has 2 atom stereocenters. The molecule has 0 N–H and O–H groups in total. The van der Waals surface area contributed by atoms with Crippen LogP contribution in [0, 0.1) is 6.92 Å². The Kier molecular flexibility index (Phi) is 4.73. The summed E-state index contributed by atoms with van der Waals surface area (Å²) in [5, 5.41) is 0.657. The Morgan fingerprint density at radius 2 is 1.88 bits per heavy atom. The second-order valence-electron chi connectivity index (χ2n) is 6.63. The minimum atomic E-state index is -3.44. The lowest BCUT2D eigenvalue weighted by atomic mass is 9.92. The Bertz CT molecular complexity index is 830. The monoisotopic (exact) mass is 364 g/mol. The number of halogens is 1. The van der Waals surface area contributed by atoms with E-state index in [1.165, 1.54) is 0 Å². The molecule has 1 heterocycles. The lowest BCUT2D eigenvalue weighted by molar-refractivity contribution is 0.000314. The van der Waals surface area contributed by atoms with Crippen LogP contribution in [0.2, 0.25) is 5.02 Å². The Hall–Kier alpha value is -1.36. The van der Waals surface area contributed by atoms with Crippen molar-refractivity contribution in [3.63, 3.8) is 0 Å². The van der Waals surface area contributed by atoms with Gasteiger partial charge in [-0.2, -0.15) is 0 Å². The maximum absolute atomic E-state index is 13.2. The molecule has 2 aromatic carbocycles. The number of rotatable bonds is 3. The smallest absolute Gasteiger partial charge is 0.184 e. The quantitative estimate of drug-likeness (QED) is 0.790. The Morgan fingerprint density at radius 3 is 2.54 bits per heavy atom. The first-order valence-electron chi connectivity index (χ1n) is 8.00. The van der Waals surface area contributed by atoms with E-state index in [1.807, 2.05) is 32.0 Å². The van der Waals surface area contributed by atoms with Crippen LogP contribution in [-0.4, -0.2) is 19.8 Å². The first-order valence-corrected chi connectivity index (χ1v) is 9.86. The molecule has 0 radical (unpaired) electrons. The summed E-state index contributed by atoms with van der Waals surface area (Å²) in [5.41, 5.74) is 1.91. The van der Waals surface area contributed by atoms with Gasteiger partial charge in [0.05, 0.1) is 15.7 Å². The van der Waals surface area contributed by atoms with E-state index >= 15 is 0 Å². The average molecular weight is 365 g/mol. The zero-order valence-corrected chi connectivity index (χ0v) is 15.4.